The van der Waals surface area contributed by atoms with Gasteiger partial charge in [-0.05, 0) is 34.3 Å². The van der Waals surface area contributed by atoms with Crippen molar-refractivity contribution in [3.63, 3.8) is 0 Å². The Hall–Kier alpha value is -0.810. The summed E-state index contributed by atoms with van der Waals surface area (Å²) in [6.07, 6.45) is 0. The number of hydrogen-bond donors (Lipinski definition) is 1. The van der Waals surface area contributed by atoms with Gasteiger partial charge in [-0.2, -0.15) is 0 Å². The molecule has 0 amide bonds. The molecule has 0 bridgehead atoms. The molecule has 3 nitrogen and oxygen atoms in total. The molecule has 0 aliphatic rings. The second-order valence-electron chi connectivity index (χ2n) is 2.62. The summed E-state index contributed by atoms with van der Waals surface area (Å²) in [5.74, 6) is 1.20. The lowest BCUT2D eigenvalue weighted by molar-refractivity contribution is 0.436. The van der Waals surface area contributed by atoms with Gasteiger partial charge in [-0.1, -0.05) is 5.16 Å². The number of aromatic nitrogens is 1. The predicted molar refractivity (Wildman–Crippen MR) is 56.7 cm³/mol. The van der Waals surface area contributed by atoms with Gasteiger partial charge in [-0.25, -0.2) is 0 Å². The van der Waals surface area contributed by atoms with Crippen LogP contribution >= 0.6 is 27.3 Å². The molecule has 0 saturated heterocycles. The van der Waals surface area contributed by atoms with E-state index < -0.39 is 0 Å². The molecule has 68 valence electrons. The van der Waals surface area contributed by atoms with Crippen LogP contribution in [0.4, 0.5) is 5.82 Å². The van der Waals surface area contributed by atoms with Crippen LogP contribution in [0, 0.1) is 6.92 Å². The number of thiophene rings is 1. The normalized spacial score (nSPS) is 10.6. The Labute approximate surface area is 87.7 Å². The molecule has 2 N–H and O–H groups in total. The largest absolute Gasteiger partial charge is 0.381 e. The van der Waals surface area contributed by atoms with Gasteiger partial charge in [0, 0.05) is 10.0 Å². The van der Waals surface area contributed by atoms with Gasteiger partial charge in [0.25, 0.3) is 0 Å². The summed E-state index contributed by atoms with van der Waals surface area (Å²) < 4.78 is 6.14. The Morgan fingerprint density at radius 2 is 2.38 bits per heavy atom. The third-order valence-electron chi connectivity index (χ3n) is 1.78. The van der Waals surface area contributed by atoms with Gasteiger partial charge < -0.3 is 10.3 Å². The average molecular weight is 259 g/mol. The van der Waals surface area contributed by atoms with E-state index in [4.69, 9.17) is 10.3 Å². The molecule has 5 heteroatoms. The highest BCUT2D eigenvalue weighted by Crippen LogP contribution is 2.36. The lowest BCUT2D eigenvalue weighted by Gasteiger charge is -1.92. The van der Waals surface area contributed by atoms with E-state index in [1.165, 1.54) is 0 Å². The van der Waals surface area contributed by atoms with Gasteiger partial charge >= 0.3 is 0 Å². The fraction of sp³-hybridized carbons (Fsp3) is 0.125. The van der Waals surface area contributed by atoms with Crippen molar-refractivity contribution in [3.8, 4) is 10.6 Å². The molecule has 2 rings (SSSR count). The highest BCUT2D eigenvalue weighted by Gasteiger charge is 2.14. The van der Waals surface area contributed by atoms with Crippen LogP contribution in [-0.2, 0) is 0 Å². The number of halogens is 1. The van der Waals surface area contributed by atoms with Gasteiger partial charge in [0.2, 0.25) is 0 Å². The summed E-state index contributed by atoms with van der Waals surface area (Å²) in [5.41, 5.74) is 6.47. The summed E-state index contributed by atoms with van der Waals surface area (Å²) in [6, 6.07) is 1.97. The minimum absolute atomic E-state index is 0.454. The van der Waals surface area contributed by atoms with Crippen molar-refractivity contribution in [1.29, 1.82) is 0 Å². The molecular formula is C8H7BrN2OS. The van der Waals surface area contributed by atoms with Crippen LogP contribution in [0.5, 0.6) is 0 Å². The Balaban J connectivity index is 2.59. The number of anilines is 1. The first-order valence-corrected chi connectivity index (χ1v) is 5.32. The molecule has 0 saturated carbocycles. The molecule has 13 heavy (non-hydrogen) atoms. The quantitative estimate of drug-likeness (QED) is 0.856. The zero-order valence-corrected chi connectivity index (χ0v) is 9.28. The number of nitrogens with two attached hydrogens (primary N) is 1. The monoisotopic (exact) mass is 258 g/mol. The molecule has 0 aliphatic carbocycles. The van der Waals surface area contributed by atoms with Crippen LogP contribution < -0.4 is 5.73 Å². The van der Waals surface area contributed by atoms with E-state index in [2.05, 4.69) is 21.1 Å². The van der Waals surface area contributed by atoms with Crippen LogP contribution in [0.15, 0.2) is 20.4 Å². The Morgan fingerprint density at radius 3 is 2.85 bits per heavy atom. The van der Waals surface area contributed by atoms with Crippen LogP contribution in [-0.4, -0.2) is 5.16 Å². The van der Waals surface area contributed by atoms with Crippen molar-refractivity contribution >= 4 is 33.1 Å². The van der Waals surface area contributed by atoms with Crippen molar-refractivity contribution in [2.75, 3.05) is 5.73 Å². The Bertz CT molecular complexity index is 435. The zero-order chi connectivity index (χ0) is 9.42. The van der Waals surface area contributed by atoms with Crippen molar-refractivity contribution in [2.24, 2.45) is 0 Å². The molecule has 0 spiro atoms. The van der Waals surface area contributed by atoms with E-state index in [1.54, 1.807) is 11.3 Å². The van der Waals surface area contributed by atoms with E-state index in [0.29, 0.717) is 5.82 Å². The molecule has 0 aliphatic heterocycles. The topological polar surface area (TPSA) is 52.0 Å². The minimum Gasteiger partial charge on any atom is -0.381 e. The average Bonchev–Trinajstić information content (AvgIpc) is 2.62. The standard InChI is InChI=1S/C8H7BrN2OS/c1-4-6(12-11-8(4)10)7-5(9)2-3-13-7/h2-3H,1H3,(H2,10,11). The number of hydrogen-bond acceptors (Lipinski definition) is 4. The zero-order valence-electron chi connectivity index (χ0n) is 6.87. The summed E-state index contributed by atoms with van der Waals surface area (Å²) in [4.78, 5) is 1.03. The second-order valence-corrected chi connectivity index (χ2v) is 4.39. The van der Waals surface area contributed by atoms with Gasteiger partial charge in [-0.3, -0.25) is 0 Å². The van der Waals surface area contributed by atoms with E-state index in [0.717, 1.165) is 20.7 Å². The summed E-state index contributed by atoms with van der Waals surface area (Å²) in [5, 5.41) is 5.69. The van der Waals surface area contributed by atoms with Crippen molar-refractivity contribution in [3.05, 3.63) is 21.5 Å². The lowest BCUT2D eigenvalue weighted by Crippen LogP contribution is -1.85. The molecule has 0 radical (unpaired) electrons. The molecular weight excluding hydrogens is 252 g/mol. The van der Waals surface area contributed by atoms with Gasteiger partial charge in [0.15, 0.2) is 11.6 Å². The number of nitrogens with zero attached hydrogens (tertiary/aromatic N) is 1. The van der Waals surface area contributed by atoms with Crippen LogP contribution in [0.25, 0.3) is 10.6 Å². The highest BCUT2D eigenvalue weighted by atomic mass is 79.9. The van der Waals surface area contributed by atoms with Crippen molar-refractivity contribution < 1.29 is 4.52 Å². The van der Waals surface area contributed by atoms with Gasteiger partial charge in [0.1, 0.15) is 0 Å². The Kier molecular flexibility index (Phi) is 2.13. The summed E-state index contributed by atoms with van der Waals surface area (Å²) in [7, 11) is 0. The van der Waals surface area contributed by atoms with E-state index in [1.807, 2.05) is 18.4 Å². The maximum absolute atomic E-state index is 5.58. The number of nitrogen functional groups attached to an aromatic ring is 1. The first-order valence-electron chi connectivity index (χ1n) is 3.65. The maximum atomic E-state index is 5.58. The highest BCUT2D eigenvalue weighted by molar-refractivity contribution is 9.10. The number of rotatable bonds is 1. The predicted octanol–water partition coefficient (Wildman–Crippen LogP) is 3.06. The second kappa shape index (κ2) is 3.16. The van der Waals surface area contributed by atoms with Crippen molar-refractivity contribution in [2.45, 2.75) is 6.92 Å². The molecule has 0 atom stereocenters. The third kappa shape index (κ3) is 1.38. The molecule has 0 aromatic carbocycles. The van der Waals surface area contributed by atoms with Crippen LogP contribution in [0.3, 0.4) is 0 Å². The fourth-order valence-corrected chi connectivity index (χ4v) is 2.60. The van der Waals surface area contributed by atoms with Crippen LogP contribution in [0.2, 0.25) is 0 Å². The van der Waals surface area contributed by atoms with E-state index in [-0.39, 0.29) is 0 Å². The van der Waals surface area contributed by atoms with E-state index >= 15 is 0 Å². The summed E-state index contributed by atoms with van der Waals surface area (Å²) in [6.45, 7) is 1.90. The van der Waals surface area contributed by atoms with Gasteiger partial charge in [0.05, 0.1) is 4.88 Å². The summed E-state index contributed by atoms with van der Waals surface area (Å²) >= 11 is 5.02. The molecule has 2 heterocycles. The smallest absolute Gasteiger partial charge is 0.183 e. The molecule has 0 unspecified atom stereocenters. The molecule has 2 aromatic rings. The fourth-order valence-electron chi connectivity index (χ4n) is 1.02. The van der Waals surface area contributed by atoms with Gasteiger partial charge in [-0.15, -0.1) is 11.3 Å². The SMILES string of the molecule is Cc1c(N)noc1-c1sccc1Br. The first-order chi connectivity index (χ1) is 6.20. The maximum Gasteiger partial charge on any atom is 0.183 e. The first kappa shape index (κ1) is 8.77. The third-order valence-corrected chi connectivity index (χ3v) is 3.62. The van der Waals surface area contributed by atoms with E-state index in [9.17, 15) is 0 Å². The van der Waals surface area contributed by atoms with Crippen LogP contribution in [0.1, 0.15) is 5.56 Å². The van der Waals surface area contributed by atoms with Crippen molar-refractivity contribution in [1.82, 2.24) is 5.16 Å². The minimum atomic E-state index is 0.454. The Morgan fingerprint density at radius 1 is 1.62 bits per heavy atom. The molecule has 0 fully saturated rings. The molecule has 2 aromatic heterocycles. The lowest BCUT2D eigenvalue weighted by atomic mass is 10.2.